The van der Waals surface area contributed by atoms with E-state index in [0.717, 1.165) is 0 Å². The van der Waals surface area contributed by atoms with Crippen molar-refractivity contribution < 1.29 is 28.4 Å². The van der Waals surface area contributed by atoms with E-state index in [9.17, 15) is 19.9 Å². The van der Waals surface area contributed by atoms with Gasteiger partial charge in [0.1, 0.15) is 28.2 Å². The number of rotatable bonds is 5. The van der Waals surface area contributed by atoms with Gasteiger partial charge in [0.25, 0.3) is 0 Å². The fraction of sp³-hybridized carbons (Fsp3) is 0.304. The van der Waals surface area contributed by atoms with Gasteiger partial charge in [-0.1, -0.05) is 23.7 Å². The monoisotopic (exact) mass is 459 g/mol. The molecule has 1 N–H and O–H groups in total. The van der Waals surface area contributed by atoms with Crippen molar-refractivity contribution in [3.05, 3.63) is 62.4 Å². The van der Waals surface area contributed by atoms with Crippen molar-refractivity contribution in [1.82, 2.24) is 0 Å². The van der Waals surface area contributed by atoms with Gasteiger partial charge in [0.2, 0.25) is 0 Å². The van der Waals surface area contributed by atoms with E-state index in [0.29, 0.717) is 16.1 Å². The molecule has 2 heterocycles. The van der Waals surface area contributed by atoms with Crippen molar-refractivity contribution in [2.75, 3.05) is 27.8 Å². The van der Waals surface area contributed by atoms with Crippen LogP contribution in [-0.4, -0.2) is 49.6 Å². The highest BCUT2D eigenvalue weighted by Crippen LogP contribution is 2.47. The lowest BCUT2D eigenvalue weighted by Crippen LogP contribution is -2.48. The third-order valence-corrected chi connectivity index (χ3v) is 6.35. The molecule has 2 aromatic carbocycles. The van der Waals surface area contributed by atoms with Gasteiger partial charge in [-0.15, -0.1) is 0 Å². The van der Waals surface area contributed by atoms with Crippen LogP contribution in [0.4, 0.5) is 0 Å². The summed E-state index contributed by atoms with van der Waals surface area (Å²) in [6.45, 7) is 0.104. The van der Waals surface area contributed by atoms with Gasteiger partial charge in [0.15, 0.2) is 11.5 Å². The van der Waals surface area contributed by atoms with Crippen LogP contribution in [0.25, 0.3) is 22.3 Å². The average Bonchev–Trinajstić information content (AvgIpc) is 3.07. The zero-order valence-corrected chi connectivity index (χ0v) is 18.5. The molecule has 0 saturated carbocycles. The van der Waals surface area contributed by atoms with Gasteiger partial charge in [0.05, 0.1) is 38.8 Å². The maximum Gasteiger partial charge on any atom is 0.363 e. The summed E-state index contributed by atoms with van der Waals surface area (Å²) in [7, 11) is 4.18. The Bertz CT molecular complexity index is 1270. The van der Waals surface area contributed by atoms with Crippen LogP contribution in [0.15, 0.2) is 45.6 Å². The molecule has 0 spiro atoms. The summed E-state index contributed by atoms with van der Waals surface area (Å²) in [6, 6.07) is 8.46. The Labute approximate surface area is 188 Å². The van der Waals surface area contributed by atoms with E-state index < -0.39 is 22.6 Å². The molecule has 1 aliphatic rings. The summed E-state index contributed by atoms with van der Waals surface area (Å²) in [4.78, 5) is 25.2. The van der Waals surface area contributed by atoms with Crippen LogP contribution in [-0.2, 0) is 4.79 Å². The number of hydrogen-bond acceptors (Lipinski definition) is 6. The van der Waals surface area contributed by atoms with Crippen LogP contribution in [0.5, 0.6) is 11.5 Å². The van der Waals surface area contributed by atoms with Gasteiger partial charge in [0, 0.05) is 29.7 Å². The maximum absolute atomic E-state index is 13.2. The highest BCUT2D eigenvalue weighted by molar-refractivity contribution is 6.33. The molecule has 1 saturated heterocycles. The molecule has 0 aliphatic carbocycles. The van der Waals surface area contributed by atoms with Crippen molar-refractivity contribution in [1.29, 1.82) is 0 Å². The number of likely N-dealkylation sites (tertiary alicyclic amines) is 1. The second-order valence-corrected chi connectivity index (χ2v) is 8.34. The van der Waals surface area contributed by atoms with E-state index in [4.69, 9.17) is 25.5 Å². The summed E-state index contributed by atoms with van der Waals surface area (Å²) < 4.78 is 16.2. The molecule has 1 unspecified atom stereocenters. The van der Waals surface area contributed by atoms with Gasteiger partial charge in [-0.3, -0.25) is 4.79 Å². The first-order valence-electron chi connectivity index (χ1n) is 9.96. The second kappa shape index (κ2) is 8.12. The van der Waals surface area contributed by atoms with E-state index in [1.165, 1.54) is 33.4 Å². The first-order valence-corrected chi connectivity index (χ1v) is 10.3. The molecule has 4 rings (SSSR count). The highest BCUT2D eigenvalue weighted by atomic mass is 35.5. The van der Waals surface area contributed by atoms with Gasteiger partial charge in [-0.25, -0.2) is 4.79 Å². The highest BCUT2D eigenvalue weighted by Gasteiger charge is 2.48. The number of benzene rings is 2. The Hall–Kier alpha value is -3.07. The number of fused-ring (bicyclic) bond motifs is 1. The second-order valence-electron chi connectivity index (χ2n) is 7.93. The molecule has 8 nitrogen and oxygen atoms in total. The third kappa shape index (κ3) is 3.50. The van der Waals surface area contributed by atoms with E-state index in [1.807, 2.05) is 0 Å². The molecular weight excluding hydrogens is 438 g/mol. The summed E-state index contributed by atoms with van der Waals surface area (Å²) >= 11 is 6.32. The molecule has 1 aromatic heterocycles. The number of hydroxylamine groups is 3. The number of carbonyl (C=O) groups is 1. The van der Waals surface area contributed by atoms with E-state index in [-0.39, 0.29) is 46.6 Å². The Morgan fingerprint density at radius 3 is 2.53 bits per heavy atom. The van der Waals surface area contributed by atoms with Crippen LogP contribution >= 0.6 is 11.6 Å². The molecule has 1 aliphatic heterocycles. The van der Waals surface area contributed by atoms with Crippen molar-refractivity contribution in [2.45, 2.75) is 18.4 Å². The number of methoxy groups -OCH3 is 2. The summed E-state index contributed by atoms with van der Waals surface area (Å²) in [5.74, 6) is -1.23. The van der Waals surface area contributed by atoms with Crippen LogP contribution in [0, 0.1) is 5.21 Å². The number of quaternary nitrogens is 1. The Morgan fingerprint density at radius 2 is 1.91 bits per heavy atom. The van der Waals surface area contributed by atoms with Crippen LogP contribution < -0.4 is 14.9 Å². The quantitative estimate of drug-likeness (QED) is 0.453. The van der Waals surface area contributed by atoms with Crippen molar-refractivity contribution >= 4 is 28.5 Å². The molecule has 32 heavy (non-hydrogen) atoms. The minimum absolute atomic E-state index is 0.104. The summed E-state index contributed by atoms with van der Waals surface area (Å²) in [5.41, 5.74) is 0.610. The molecule has 0 radical (unpaired) electrons. The van der Waals surface area contributed by atoms with E-state index in [2.05, 4.69) is 0 Å². The molecule has 3 aromatic rings. The van der Waals surface area contributed by atoms with Crippen LogP contribution in [0.2, 0.25) is 5.02 Å². The zero-order valence-electron chi connectivity index (χ0n) is 17.8. The number of hydrogen-bond donors (Lipinski definition) is 1. The van der Waals surface area contributed by atoms with Crippen LogP contribution in [0.1, 0.15) is 17.9 Å². The Morgan fingerprint density at radius 1 is 1.22 bits per heavy atom. The molecular formula is C23H22ClNO7. The minimum Gasteiger partial charge on any atom is -0.632 e. The number of aliphatic carboxylic acids is 1. The number of likely N-dealkylation sites (N-methyl/N-ethyl adjacent to an activating group) is 1. The summed E-state index contributed by atoms with van der Waals surface area (Å²) in [5, 5.41) is 23.3. The zero-order chi connectivity index (χ0) is 23.2. The largest absolute Gasteiger partial charge is 0.632 e. The first-order chi connectivity index (χ1) is 15.2. The number of nitrogens with zero attached hydrogens (tertiary/aromatic N) is 1. The SMILES string of the molecule is COc1cc(OC)c2c(=O)cc(-c3ccccc3Cl)oc2c1C1CC[N@+](C)([O-])[C@@H]1C(=O)O. The van der Waals surface area contributed by atoms with Crippen molar-refractivity contribution in [3.63, 3.8) is 0 Å². The lowest BCUT2D eigenvalue weighted by Gasteiger charge is -2.39. The van der Waals surface area contributed by atoms with Gasteiger partial charge in [-0.2, -0.15) is 0 Å². The lowest BCUT2D eigenvalue weighted by atomic mass is 9.89. The van der Waals surface area contributed by atoms with Gasteiger partial charge < -0.3 is 28.9 Å². The van der Waals surface area contributed by atoms with Crippen LogP contribution in [0.3, 0.4) is 0 Å². The Kier molecular flexibility index (Phi) is 5.62. The number of carboxylic acid groups (broad SMARTS) is 1. The molecule has 0 amide bonds. The number of ether oxygens (including phenoxy) is 2. The molecule has 168 valence electrons. The molecule has 0 bridgehead atoms. The van der Waals surface area contributed by atoms with E-state index in [1.54, 1.807) is 24.3 Å². The maximum atomic E-state index is 13.2. The fourth-order valence-electron chi connectivity index (χ4n) is 4.55. The lowest BCUT2D eigenvalue weighted by molar-refractivity contribution is -0.865. The standard InChI is InChI=1S/C23H22ClNO7/c1-25(29)9-8-13(21(25)23(27)28)19-17(30-2)11-18(31-3)20-15(26)10-16(32-22(19)20)12-6-4-5-7-14(12)24/h4-7,10-11,13,21H,8-9H2,1-3H3,(H,27,28)/t13?,21-,25-/m0/s1. The van der Waals surface area contributed by atoms with Gasteiger partial charge in [-0.05, 0) is 12.1 Å². The predicted molar refractivity (Wildman–Crippen MR) is 119 cm³/mol. The molecule has 1 fully saturated rings. The summed E-state index contributed by atoms with van der Waals surface area (Å²) in [6.07, 6.45) is 0.286. The topological polar surface area (TPSA) is 109 Å². The number of carboxylic acids is 1. The van der Waals surface area contributed by atoms with Crippen molar-refractivity contribution in [2.24, 2.45) is 0 Å². The van der Waals surface area contributed by atoms with Gasteiger partial charge >= 0.3 is 5.97 Å². The predicted octanol–water partition coefficient (Wildman–Crippen LogP) is 4.02. The third-order valence-electron chi connectivity index (χ3n) is 6.02. The van der Waals surface area contributed by atoms with Crippen molar-refractivity contribution in [3.8, 4) is 22.8 Å². The minimum atomic E-state index is -1.28. The fourth-order valence-corrected chi connectivity index (χ4v) is 4.78. The smallest absolute Gasteiger partial charge is 0.363 e. The molecule has 3 atom stereocenters. The Balaban J connectivity index is 2.09. The normalized spacial score (nSPS) is 22.8. The first kappa shape index (κ1) is 22.1. The number of halogens is 1. The van der Waals surface area contributed by atoms with E-state index >= 15 is 0 Å². The average molecular weight is 460 g/mol. The molecule has 9 heteroatoms.